The van der Waals surface area contributed by atoms with Crippen LogP contribution in [0.4, 0.5) is 11.4 Å². The summed E-state index contributed by atoms with van der Waals surface area (Å²) in [6.07, 6.45) is 0. The highest BCUT2D eigenvalue weighted by Crippen LogP contribution is 2.30. The zero-order valence-electron chi connectivity index (χ0n) is 11.5. The molecule has 1 aromatic rings. The summed E-state index contributed by atoms with van der Waals surface area (Å²) in [5, 5.41) is 5.92. The van der Waals surface area contributed by atoms with Gasteiger partial charge in [0.05, 0.1) is 16.9 Å². The van der Waals surface area contributed by atoms with Crippen LogP contribution in [0.3, 0.4) is 0 Å². The Kier molecular flexibility index (Phi) is 3.57. The number of para-hydroxylation sites is 2. The lowest BCUT2D eigenvalue weighted by atomic mass is 10.0. The Bertz CT molecular complexity index is 511. The first-order valence-electron chi connectivity index (χ1n) is 6.41. The molecule has 0 bridgehead atoms. The van der Waals surface area contributed by atoms with Gasteiger partial charge in [0.1, 0.15) is 6.54 Å². The fraction of sp³-hybridized carbons (Fsp3) is 0.429. The highest BCUT2D eigenvalue weighted by atomic mass is 16.2. The highest BCUT2D eigenvalue weighted by molar-refractivity contribution is 6.12. The van der Waals surface area contributed by atoms with Crippen molar-refractivity contribution in [3.05, 3.63) is 24.3 Å². The Morgan fingerprint density at radius 3 is 2.79 bits per heavy atom. The molecule has 0 aliphatic carbocycles. The molecule has 5 heteroatoms. The van der Waals surface area contributed by atoms with Gasteiger partial charge in [-0.3, -0.25) is 14.5 Å². The van der Waals surface area contributed by atoms with E-state index in [0.29, 0.717) is 12.2 Å². The molecule has 1 heterocycles. The summed E-state index contributed by atoms with van der Waals surface area (Å²) in [4.78, 5) is 25.8. The molecule has 0 spiro atoms. The first-order chi connectivity index (χ1) is 8.95. The minimum atomic E-state index is -0.695. The zero-order chi connectivity index (χ0) is 14.0. The number of fused-ring (bicyclic) bond motifs is 1. The number of benzene rings is 1. The Labute approximate surface area is 113 Å². The second kappa shape index (κ2) is 5.01. The summed E-state index contributed by atoms with van der Waals surface area (Å²) >= 11 is 0. The van der Waals surface area contributed by atoms with Crippen LogP contribution < -0.4 is 15.5 Å². The number of likely N-dealkylation sites (N-methyl/N-ethyl adjacent to an activating group) is 1. The van der Waals surface area contributed by atoms with E-state index in [0.717, 1.165) is 5.69 Å². The standard InChI is InChI=1S/C14H19N3O2/c1-4-15-14(2,3)13(19)17-9-12(18)16-10-7-5-6-8-11(10)17/h5-8,15H,4,9H2,1-3H3,(H,16,18). The molecule has 0 aromatic heterocycles. The average Bonchev–Trinajstić information content (AvgIpc) is 2.36. The number of anilines is 2. The average molecular weight is 261 g/mol. The zero-order valence-corrected chi connectivity index (χ0v) is 11.5. The van der Waals surface area contributed by atoms with E-state index in [1.54, 1.807) is 6.07 Å². The monoisotopic (exact) mass is 261 g/mol. The molecule has 1 aliphatic rings. The topological polar surface area (TPSA) is 61.4 Å². The van der Waals surface area contributed by atoms with Gasteiger partial charge in [-0.1, -0.05) is 19.1 Å². The third-order valence-corrected chi connectivity index (χ3v) is 3.17. The number of rotatable bonds is 3. The molecular weight excluding hydrogens is 242 g/mol. The van der Waals surface area contributed by atoms with Gasteiger partial charge in [0, 0.05) is 0 Å². The van der Waals surface area contributed by atoms with E-state index in [-0.39, 0.29) is 18.4 Å². The van der Waals surface area contributed by atoms with E-state index in [4.69, 9.17) is 0 Å². The van der Waals surface area contributed by atoms with Crippen LogP contribution in [0.1, 0.15) is 20.8 Å². The van der Waals surface area contributed by atoms with E-state index >= 15 is 0 Å². The van der Waals surface area contributed by atoms with Crippen molar-refractivity contribution in [2.75, 3.05) is 23.3 Å². The Hall–Kier alpha value is -1.88. The van der Waals surface area contributed by atoms with Crippen LogP contribution in [0.2, 0.25) is 0 Å². The van der Waals surface area contributed by atoms with Crippen LogP contribution in [-0.4, -0.2) is 30.4 Å². The molecule has 0 unspecified atom stereocenters. The highest BCUT2D eigenvalue weighted by Gasteiger charge is 2.35. The van der Waals surface area contributed by atoms with Gasteiger partial charge >= 0.3 is 0 Å². The van der Waals surface area contributed by atoms with E-state index < -0.39 is 5.54 Å². The summed E-state index contributed by atoms with van der Waals surface area (Å²) < 4.78 is 0. The van der Waals surface area contributed by atoms with Crippen molar-refractivity contribution < 1.29 is 9.59 Å². The minimum absolute atomic E-state index is 0.0602. The van der Waals surface area contributed by atoms with Gasteiger partial charge in [-0.15, -0.1) is 0 Å². The molecule has 0 saturated carbocycles. The van der Waals surface area contributed by atoms with Crippen molar-refractivity contribution in [3.8, 4) is 0 Å². The molecule has 0 atom stereocenters. The summed E-state index contributed by atoms with van der Waals surface area (Å²) in [5.74, 6) is -0.268. The van der Waals surface area contributed by atoms with E-state index in [1.807, 2.05) is 39.0 Å². The van der Waals surface area contributed by atoms with Crippen molar-refractivity contribution >= 4 is 23.2 Å². The molecule has 2 amide bonds. The number of carbonyl (C=O) groups excluding carboxylic acids is 2. The molecule has 0 radical (unpaired) electrons. The Balaban J connectivity index is 2.35. The van der Waals surface area contributed by atoms with Crippen LogP contribution in [0.15, 0.2) is 24.3 Å². The predicted molar refractivity (Wildman–Crippen MR) is 75.2 cm³/mol. The number of amides is 2. The quantitative estimate of drug-likeness (QED) is 0.863. The fourth-order valence-electron chi connectivity index (χ4n) is 2.27. The van der Waals surface area contributed by atoms with Gasteiger partial charge in [-0.05, 0) is 32.5 Å². The molecular formula is C14H19N3O2. The number of nitrogens with one attached hydrogen (secondary N) is 2. The van der Waals surface area contributed by atoms with Crippen LogP contribution >= 0.6 is 0 Å². The maximum absolute atomic E-state index is 12.6. The SMILES string of the molecule is CCNC(C)(C)C(=O)N1CC(=O)Nc2ccccc21. The van der Waals surface area contributed by atoms with E-state index in [9.17, 15) is 9.59 Å². The second-order valence-corrected chi connectivity index (χ2v) is 5.11. The third-order valence-electron chi connectivity index (χ3n) is 3.17. The Morgan fingerprint density at radius 1 is 1.42 bits per heavy atom. The molecule has 5 nitrogen and oxygen atoms in total. The molecule has 1 aromatic carbocycles. The van der Waals surface area contributed by atoms with E-state index in [1.165, 1.54) is 4.90 Å². The minimum Gasteiger partial charge on any atom is -0.323 e. The summed E-state index contributed by atoms with van der Waals surface area (Å²) in [6.45, 7) is 6.36. The molecule has 0 saturated heterocycles. The fourth-order valence-corrected chi connectivity index (χ4v) is 2.27. The third kappa shape index (κ3) is 2.61. The maximum Gasteiger partial charge on any atom is 0.247 e. The summed E-state index contributed by atoms with van der Waals surface area (Å²) in [7, 11) is 0. The van der Waals surface area contributed by atoms with Crippen LogP contribution in [0.5, 0.6) is 0 Å². The summed E-state index contributed by atoms with van der Waals surface area (Å²) in [6, 6.07) is 7.33. The van der Waals surface area contributed by atoms with Crippen molar-refractivity contribution in [2.24, 2.45) is 0 Å². The van der Waals surface area contributed by atoms with Crippen LogP contribution in [0.25, 0.3) is 0 Å². The molecule has 19 heavy (non-hydrogen) atoms. The smallest absolute Gasteiger partial charge is 0.247 e. The lowest BCUT2D eigenvalue weighted by molar-refractivity contribution is -0.125. The first-order valence-corrected chi connectivity index (χ1v) is 6.41. The van der Waals surface area contributed by atoms with Crippen molar-refractivity contribution in [1.29, 1.82) is 0 Å². The van der Waals surface area contributed by atoms with Crippen LogP contribution in [-0.2, 0) is 9.59 Å². The van der Waals surface area contributed by atoms with Crippen molar-refractivity contribution in [1.82, 2.24) is 5.32 Å². The van der Waals surface area contributed by atoms with Crippen LogP contribution in [0, 0.1) is 0 Å². The predicted octanol–water partition coefficient (Wildman–Crippen LogP) is 1.36. The lowest BCUT2D eigenvalue weighted by Crippen LogP contribution is -2.56. The van der Waals surface area contributed by atoms with Crippen molar-refractivity contribution in [2.45, 2.75) is 26.3 Å². The Morgan fingerprint density at radius 2 is 2.11 bits per heavy atom. The maximum atomic E-state index is 12.6. The number of hydrogen-bond donors (Lipinski definition) is 2. The van der Waals surface area contributed by atoms with Gasteiger partial charge in [0.25, 0.3) is 0 Å². The number of nitrogens with zero attached hydrogens (tertiary/aromatic N) is 1. The molecule has 2 N–H and O–H groups in total. The van der Waals surface area contributed by atoms with E-state index in [2.05, 4.69) is 10.6 Å². The molecule has 0 fully saturated rings. The largest absolute Gasteiger partial charge is 0.323 e. The number of hydrogen-bond acceptors (Lipinski definition) is 3. The molecule has 102 valence electrons. The van der Waals surface area contributed by atoms with Crippen molar-refractivity contribution in [3.63, 3.8) is 0 Å². The normalized spacial score (nSPS) is 14.9. The van der Waals surface area contributed by atoms with Gasteiger partial charge in [-0.25, -0.2) is 0 Å². The van der Waals surface area contributed by atoms with Gasteiger partial charge < -0.3 is 10.6 Å². The van der Waals surface area contributed by atoms with Gasteiger partial charge in [-0.2, -0.15) is 0 Å². The first kappa shape index (κ1) is 13.5. The molecule has 2 rings (SSSR count). The second-order valence-electron chi connectivity index (χ2n) is 5.11. The summed E-state index contributed by atoms with van der Waals surface area (Å²) in [5.41, 5.74) is 0.733. The number of carbonyl (C=O) groups is 2. The van der Waals surface area contributed by atoms with Gasteiger partial charge in [0.15, 0.2) is 0 Å². The lowest BCUT2D eigenvalue weighted by Gasteiger charge is -2.35. The van der Waals surface area contributed by atoms with Gasteiger partial charge in [0.2, 0.25) is 11.8 Å². The molecule has 1 aliphatic heterocycles.